The second-order valence-corrected chi connectivity index (χ2v) is 19.5. The molecule has 1 aliphatic heterocycles. The molecule has 76 heavy (non-hydrogen) atoms. The van der Waals surface area contributed by atoms with Crippen molar-refractivity contribution in [2.45, 2.75) is 178 Å². The molecule has 1 heterocycles. The van der Waals surface area contributed by atoms with E-state index in [-0.39, 0.29) is 77.0 Å². The van der Waals surface area contributed by atoms with Gasteiger partial charge in [0.25, 0.3) is 0 Å². The summed E-state index contributed by atoms with van der Waals surface area (Å²) >= 11 is 0. The summed E-state index contributed by atoms with van der Waals surface area (Å²) in [7, 11) is 0. The Bertz CT molecular complexity index is 2050. The van der Waals surface area contributed by atoms with Crippen LogP contribution in [0, 0.1) is 5.92 Å². The predicted octanol–water partition coefficient (Wildman–Crippen LogP) is -4.71. The minimum absolute atomic E-state index is 0.0627. The zero-order valence-corrected chi connectivity index (χ0v) is 44.6. The van der Waals surface area contributed by atoms with E-state index in [2.05, 4.69) is 53.2 Å². The molecule has 1 aromatic carbocycles. The SMILES string of the molecule is CCCCCCC(=O)N[C@H](C(=O)N[C@@H](CCN)C(=O)N[C@H]1CCNC(=O)[C@H](C(C)O)NC(=O)[C@H](CCN)NC(=O)[C@H](CCN)NC(=O)[C@H](CC(C)C)NC(=O)[C@@H](Cc2ccccc2)NC(=O)[C@H](CCN)NC1=O)C(C)O. The van der Waals surface area contributed by atoms with E-state index in [1.165, 1.54) is 13.8 Å². The van der Waals surface area contributed by atoms with Crippen LogP contribution in [-0.2, 0) is 54.4 Å². The van der Waals surface area contributed by atoms with Gasteiger partial charge in [-0.15, -0.1) is 0 Å². The lowest BCUT2D eigenvalue weighted by molar-refractivity contribution is -0.136. The van der Waals surface area contributed by atoms with Gasteiger partial charge in [-0.25, -0.2) is 0 Å². The van der Waals surface area contributed by atoms with E-state index in [9.17, 15) is 58.2 Å². The van der Waals surface area contributed by atoms with Crippen molar-refractivity contribution in [1.82, 2.24) is 53.2 Å². The molecule has 2 rings (SSSR count). The number of hydrogen-bond donors (Lipinski definition) is 16. The van der Waals surface area contributed by atoms with E-state index in [0.29, 0.717) is 12.0 Å². The number of nitrogens with one attached hydrogen (secondary N) is 10. The molecule has 20 N–H and O–H groups in total. The summed E-state index contributed by atoms with van der Waals surface area (Å²) in [6.45, 7) is 7.11. The molecule has 2 unspecified atom stereocenters. The van der Waals surface area contributed by atoms with Crippen molar-refractivity contribution in [2.24, 2.45) is 28.9 Å². The minimum atomic E-state index is -1.66. The van der Waals surface area contributed by atoms with Gasteiger partial charge in [-0.3, -0.25) is 47.9 Å². The number of aliphatic hydroxyl groups is 2. The fourth-order valence-electron chi connectivity index (χ4n) is 8.14. The highest BCUT2D eigenvalue weighted by Crippen LogP contribution is 2.11. The van der Waals surface area contributed by atoms with Gasteiger partial charge in [-0.05, 0) is 96.5 Å². The lowest BCUT2D eigenvalue weighted by atomic mass is 10.00. The first kappa shape index (κ1) is 65.8. The quantitative estimate of drug-likeness (QED) is 0.0433. The van der Waals surface area contributed by atoms with Crippen LogP contribution < -0.4 is 76.1 Å². The van der Waals surface area contributed by atoms with Gasteiger partial charge in [-0.2, -0.15) is 0 Å². The number of benzene rings is 1. The van der Waals surface area contributed by atoms with E-state index in [1.807, 2.05) is 6.92 Å². The van der Waals surface area contributed by atoms with Gasteiger partial charge in [0.2, 0.25) is 59.1 Å². The highest BCUT2D eigenvalue weighted by molar-refractivity contribution is 5.99. The first-order valence-corrected chi connectivity index (χ1v) is 26.3. The molecule has 0 saturated carbocycles. The van der Waals surface area contributed by atoms with E-state index in [1.54, 1.807) is 44.2 Å². The monoisotopic (exact) mass is 1070 g/mol. The summed E-state index contributed by atoms with van der Waals surface area (Å²) in [6, 6.07) is -4.44. The van der Waals surface area contributed by atoms with Crippen molar-refractivity contribution in [1.29, 1.82) is 0 Å². The summed E-state index contributed by atoms with van der Waals surface area (Å²) in [5.74, 6) is -8.80. The molecule has 1 saturated heterocycles. The average Bonchev–Trinajstić information content (AvgIpc) is 3.36. The Balaban J connectivity index is 2.71. The number of aliphatic hydroxyl groups excluding tert-OH is 2. The first-order chi connectivity index (χ1) is 36.1. The smallest absolute Gasteiger partial charge is 0.245 e. The molecular weight excluding hydrogens is 989 g/mol. The summed E-state index contributed by atoms with van der Waals surface area (Å²) in [5.41, 5.74) is 24.1. The number of carbonyl (C=O) groups excluding carboxylic acids is 10. The summed E-state index contributed by atoms with van der Waals surface area (Å²) in [6.07, 6.45) is -0.799. The van der Waals surface area contributed by atoms with Crippen molar-refractivity contribution in [3.63, 3.8) is 0 Å². The Morgan fingerprint density at radius 3 is 1.64 bits per heavy atom. The highest BCUT2D eigenvalue weighted by Gasteiger charge is 2.37. The molecule has 1 fully saturated rings. The molecule has 26 nitrogen and oxygen atoms in total. The molecule has 26 heteroatoms. The minimum Gasteiger partial charge on any atom is -0.391 e. The topological polar surface area (TPSA) is 436 Å². The van der Waals surface area contributed by atoms with E-state index >= 15 is 0 Å². The third-order valence-electron chi connectivity index (χ3n) is 12.4. The Labute approximate surface area is 445 Å². The zero-order valence-electron chi connectivity index (χ0n) is 44.6. The number of hydrogen-bond acceptors (Lipinski definition) is 16. The van der Waals surface area contributed by atoms with Crippen LogP contribution in [-0.4, -0.2) is 169 Å². The van der Waals surface area contributed by atoms with Gasteiger partial charge in [0.1, 0.15) is 54.4 Å². The fraction of sp³-hybridized carbons (Fsp3) is 0.680. The summed E-state index contributed by atoms with van der Waals surface area (Å²) < 4.78 is 0. The van der Waals surface area contributed by atoms with Crippen LogP contribution >= 0.6 is 0 Å². The average molecular weight is 1080 g/mol. The summed E-state index contributed by atoms with van der Waals surface area (Å²) in [5, 5.41) is 46.8. The van der Waals surface area contributed by atoms with Gasteiger partial charge in [0.15, 0.2) is 0 Å². The molecule has 0 spiro atoms. The number of rotatable bonds is 24. The number of amides is 10. The highest BCUT2D eigenvalue weighted by atomic mass is 16.3. The van der Waals surface area contributed by atoms with E-state index in [0.717, 1.165) is 19.3 Å². The van der Waals surface area contributed by atoms with Crippen LogP contribution in [0.1, 0.15) is 111 Å². The summed E-state index contributed by atoms with van der Waals surface area (Å²) in [4.78, 5) is 139. The standard InChI is InChI=1S/C50H86N14O12/c1-6-7-8-12-15-39(67)63-41(30(5)66)50(76)60-34(18-23-53)43(69)59-36-20-25-55-49(75)40(29(4)65)64-46(72)35(19-24-54)57-42(68)32(16-21-51)58-47(73)37(26-28(2)3)61-48(74)38(27-31-13-10-9-11-14-31)62-44(70)33(17-22-52)56-45(36)71/h9-11,13-14,28-30,32-38,40-41,65-66H,6-8,12,15-27,51-54H2,1-5H3,(H,55,75)(H,56,71)(H,57,68)(H,58,73)(H,59,69)(H,60,76)(H,61,74)(H,62,70)(H,63,67)(H,64,72)/t29?,30?,32-,33-,34-,35-,36-,37-,38+,40-,41-/m0/s1. The molecule has 0 aromatic heterocycles. The molecule has 0 aliphatic carbocycles. The maximum atomic E-state index is 14.4. The van der Waals surface area contributed by atoms with Crippen molar-refractivity contribution in [3.8, 4) is 0 Å². The molecule has 0 bridgehead atoms. The Kier molecular flexibility index (Phi) is 30.4. The molecule has 1 aromatic rings. The third kappa shape index (κ3) is 23.3. The molecule has 10 amide bonds. The molecule has 428 valence electrons. The van der Waals surface area contributed by atoms with Crippen LogP contribution in [0.15, 0.2) is 30.3 Å². The first-order valence-electron chi connectivity index (χ1n) is 26.3. The van der Waals surface area contributed by atoms with Gasteiger partial charge >= 0.3 is 0 Å². The molecule has 0 radical (unpaired) electrons. The Hall–Kier alpha value is -6.32. The van der Waals surface area contributed by atoms with Crippen LogP contribution in [0.4, 0.5) is 0 Å². The molecular formula is C50H86N14O12. The Morgan fingerprint density at radius 1 is 0.618 bits per heavy atom. The van der Waals surface area contributed by atoms with Crippen LogP contribution in [0.5, 0.6) is 0 Å². The van der Waals surface area contributed by atoms with Crippen LogP contribution in [0.2, 0.25) is 0 Å². The van der Waals surface area contributed by atoms with Gasteiger partial charge < -0.3 is 86.3 Å². The lowest BCUT2D eigenvalue weighted by Crippen LogP contribution is -2.61. The Morgan fingerprint density at radius 2 is 1.13 bits per heavy atom. The molecule has 11 atom stereocenters. The third-order valence-corrected chi connectivity index (χ3v) is 12.4. The van der Waals surface area contributed by atoms with Gasteiger partial charge in [-0.1, -0.05) is 70.4 Å². The van der Waals surface area contributed by atoms with Crippen LogP contribution in [0.25, 0.3) is 0 Å². The van der Waals surface area contributed by atoms with Gasteiger partial charge in [0, 0.05) is 19.4 Å². The van der Waals surface area contributed by atoms with Crippen molar-refractivity contribution in [3.05, 3.63) is 35.9 Å². The number of nitrogens with two attached hydrogens (primary N) is 4. The molecule has 1 aliphatic rings. The van der Waals surface area contributed by atoms with Crippen molar-refractivity contribution >= 4 is 59.1 Å². The van der Waals surface area contributed by atoms with Crippen molar-refractivity contribution in [2.75, 3.05) is 32.7 Å². The number of unbranched alkanes of at least 4 members (excludes halogenated alkanes) is 3. The van der Waals surface area contributed by atoms with Crippen molar-refractivity contribution < 1.29 is 58.2 Å². The van der Waals surface area contributed by atoms with Gasteiger partial charge in [0.05, 0.1) is 12.2 Å². The largest absolute Gasteiger partial charge is 0.391 e. The van der Waals surface area contributed by atoms with E-state index < -0.39 is 139 Å². The predicted molar refractivity (Wildman–Crippen MR) is 281 cm³/mol. The fourth-order valence-corrected chi connectivity index (χ4v) is 8.14. The second kappa shape index (κ2) is 35.1. The lowest BCUT2D eigenvalue weighted by Gasteiger charge is -2.28. The maximum absolute atomic E-state index is 14.4. The zero-order chi connectivity index (χ0) is 56.9. The number of carbonyl (C=O) groups is 10. The van der Waals surface area contributed by atoms with E-state index in [4.69, 9.17) is 22.9 Å². The van der Waals surface area contributed by atoms with Crippen LogP contribution in [0.3, 0.4) is 0 Å². The normalized spacial score (nSPS) is 23.4. The second-order valence-electron chi connectivity index (χ2n) is 19.5. The maximum Gasteiger partial charge on any atom is 0.245 e.